The monoisotopic (exact) mass is 369 g/mol. The topological polar surface area (TPSA) is 58.9 Å². The Morgan fingerprint density at radius 3 is 2.72 bits per heavy atom. The Hall–Kier alpha value is -1.89. The highest BCUT2D eigenvalue weighted by atomic mass is 32.2. The normalized spacial score (nSPS) is 18.6. The van der Waals surface area contributed by atoms with E-state index in [0.29, 0.717) is 42.0 Å². The van der Waals surface area contributed by atoms with Crippen LogP contribution in [0.1, 0.15) is 32.6 Å². The molecule has 2 rings (SSSR count). The first-order valence-electron chi connectivity index (χ1n) is 8.09. The molecule has 0 amide bonds. The number of oxime groups is 1. The molecule has 1 atom stereocenters. The largest absolute Gasteiger partial charge is 0.511 e. The van der Waals surface area contributed by atoms with Gasteiger partial charge in [-0.1, -0.05) is 12.1 Å². The van der Waals surface area contributed by atoms with Crippen molar-refractivity contribution in [1.29, 1.82) is 0 Å². The lowest BCUT2D eigenvalue weighted by atomic mass is 9.83. The molecule has 0 spiro atoms. The highest BCUT2D eigenvalue weighted by molar-refractivity contribution is 7.99. The van der Waals surface area contributed by atoms with Crippen LogP contribution < -0.4 is 0 Å². The van der Waals surface area contributed by atoms with Crippen molar-refractivity contribution >= 4 is 23.3 Å². The molecule has 25 heavy (non-hydrogen) atoms. The van der Waals surface area contributed by atoms with E-state index in [1.54, 1.807) is 0 Å². The zero-order valence-electron chi connectivity index (χ0n) is 14.2. The van der Waals surface area contributed by atoms with Gasteiger partial charge < -0.3 is 9.94 Å². The van der Waals surface area contributed by atoms with Gasteiger partial charge in [0.2, 0.25) is 0 Å². The first-order valence-corrected chi connectivity index (χ1v) is 9.08. The molecule has 4 nitrogen and oxygen atoms in total. The highest BCUT2D eigenvalue weighted by Crippen LogP contribution is 2.31. The Balaban J connectivity index is 1.95. The second-order valence-electron chi connectivity index (χ2n) is 5.81. The van der Waals surface area contributed by atoms with E-state index in [1.807, 2.05) is 6.92 Å². The van der Waals surface area contributed by atoms with Crippen LogP contribution in [0.4, 0.5) is 8.78 Å². The lowest BCUT2D eigenvalue weighted by Crippen LogP contribution is -2.24. The van der Waals surface area contributed by atoms with E-state index >= 15 is 0 Å². The highest BCUT2D eigenvalue weighted by Gasteiger charge is 2.30. The summed E-state index contributed by atoms with van der Waals surface area (Å²) in [6.45, 7) is 1.84. The Kier molecular flexibility index (Phi) is 6.99. The van der Waals surface area contributed by atoms with E-state index < -0.39 is 11.6 Å². The van der Waals surface area contributed by atoms with Crippen molar-refractivity contribution in [3.63, 3.8) is 0 Å². The second kappa shape index (κ2) is 8.99. The van der Waals surface area contributed by atoms with Gasteiger partial charge in [0.25, 0.3) is 0 Å². The van der Waals surface area contributed by atoms with E-state index in [4.69, 9.17) is 4.84 Å². The number of thioether (sulfide) groups is 1. The van der Waals surface area contributed by atoms with Crippen molar-refractivity contribution in [3.05, 3.63) is 41.2 Å². The van der Waals surface area contributed by atoms with Crippen LogP contribution in [0.15, 0.2) is 39.6 Å². The average Bonchev–Trinajstić information content (AvgIpc) is 2.56. The number of Topliss-reactive ketones (excluding diaryl/α,β-unsaturated/α-hetero) is 1. The number of aliphatic hydroxyl groups excluding tert-OH is 1. The predicted molar refractivity (Wildman–Crippen MR) is 93.8 cm³/mol. The molecule has 0 aliphatic heterocycles. The average molecular weight is 369 g/mol. The molecule has 0 saturated heterocycles. The van der Waals surface area contributed by atoms with Gasteiger partial charge in [0.05, 0.1) is 11.3 Å². The Bertz CT molecular complexity index is 704. The molecular weight excluding hydrogens is 348 g/mol. The fourth-order valence-corrected chi connectivity index (χ4v) is 3.85. The molecule has 0 radical (unpaired) electrons. The summed E-state index contributed by atoms with van der Waals surface area (Å²) in [4.78, 5) is 17.7. The van der Waals surface area contributed by atoms with Crippen molar-refractivity contribution in [2.24, 2.45) is 11.1 Å². The van der Waals surface area contributed by atoms with Crippen molar-refractivity contribution in [2.45, 2.75) is 37.5 Å². The molecule has 1 unspecified atom stereocenters. The molecule has 0 heterocycles. The molecule has 0 fully saturated rings. The van der Waals surface area contributed by atoms with Gasteiger partial charge in [-0.3, -0.25) is 4.79 Å². The number of ketones is 1. The van der Waals surface area contributed by atoms with Crippen LogP contribution in [0.3, 0.4) is 0 Å². The minimum Gasteiger partial charge on any atom is -0.511 e. The third-order valence-corrected chi connectivity index (χ3v) is 5.06. The number of aliphatic hydroxyl groups is 1. The van der Waals surface area contributed by atoms with Crippen LogP contribution in [-0.4, -0.2) is 29.5 Å². The van der Waals surface area contributed by atoms with Crippen LogP contribution in [-0.2, 0) is 9.63 Å². The van der Waals surface area contributed by atoms with Crippen molar-refractivity contribution in [3.8, 4) is 0 Å². The molecule has 1 aliphatic rings. The smallest absolute Gasteiger partial charge is 0.168 e. The van der Waals surface area contributed by atoms with Crippen molar-refractivity contribution < 1.29 is 23.5 Å². The van der Waals surface area contributed by atoms with Gasteiger partial charge in [-0.05, 0) is 42.7 Å². The summed E-state index contributed by atoms with van der Waals surface area (Å²) in [5.74, 6) is -1.14. The van der Waals surface area contributed by atoms with Crippen LogP contribution in [0.2, 0.25) is 0 Å². The molecule has 0 saturated carbocycles. The van der Waals surface area contributed by atoms with Crippen LogP contribution in [0.5, 0.6) is 0 Å². The van der Waals surface area contributed by atoms with Crippen LogP contribution in [0.25, 0.3) is 0 Å². The molecule has 1 aromatic carbocycles. The fourth-order valence-electron chi connectivity index (χ4n) is 2.81. The number of hydrogen-bond donors (Lipinski definition) is 1. The summed E-state index contributed by atoms with van der Waals surface area (Å²) in [5, 5.41) is 14.1. The third kappa shape index (κ3) is 5.04. The molecule has 1 aromatic rings. The maximum Gasteiger partial charge on any atom is 0.168 e. The van der Waals surface area contributed by atoms with Crippen molar-refractivity contribution in [1.82, 2.24) is 0 Å². The van der Waals surface area contributed by atoms with Gasteiger partial charge >= 0.3 is 0 Å². The summed E-state index contributed by atoms with van der Waals surface area (Å²) < 4.78 is 26.1. The lowest BCUT2D eigenvalue weighted by molar-refractivity contribution is -0.116. The van der Waals surface area contributed by atoms with E-state index in [2.05, 4.69) is 5.16 Å². The molecule has 0 aromatic heterocycles. The number of rotatable bonds is 7. The van der Waals surface area contributed by atoms with Gasteiger partial charge in [0.1, 0.15) is 12.9 Å². The maximum absolute atomic E-state index is 13.2. The quantitative estimate of drug-likeness (QED) is 0.432. The first kappa shape index (κ1) is 19.4. The van der Waals surface area contributed by atoms with Gasteiger partial charge in [0, 0.05) is 17.7 Å². The number of nitrogens with zero attached hydrogens (tertiary/aromatic N) is 1. The van der Waals surface area contributed by atoms with Gasteiger partial charge in [-0.2, -0.15) is 0 Å². The zero-order chi connectivity index (χ0) is 18.4. The van der Waals surface area contributed by atoms with E-state index in [1.165, 1.54) is 24.9 Å². The van der Waals surface area contributed by atoms with E-state index in [0.717, 1.165) is 12.1 Å². The summed E-state index contributed by atoms with van der Waals surface area (Å²) >= 11 is 1.40. The number of allylic oxidation sites excluding steroid dienone is 2. The number of carbonyl (C=O) groups is 1. The first-order chi connectivity index (χ1) is 12.0. The zero-order valence-corrected chi connectivity index (χ0v) is 15.0. The summed E-state index contributed by atoms with van der Waals surface area (Å²) in [5.41, 5.74) is 0.730. The molecule has 1 N–H and O–H groups in total. The van der Waals surface area contributed by atoms with Gasteiger partial charge in [0.15, 0.2) is 17.4 Å². The SMILES string of the molecule is CCC(=NOC)C1=C(O)CC(CCSc2ccc(F)c(F)c2)CC1=O. The van der Waals surface area contributed by atoms with Crippen LogP contribution in [0, 0.1) is 17.6 Å². The number of halogens is 2. The molecule has 0 bridgehead atoms. The Morgan fingerprint density at radius 2 is 2.12 bits per heavy atom. The standard InChI is InChI=1S/C18H21F2NO3S/c1-3-15(21-24-2)18-16(22)8-11(9-17(18)23)6-7-25-12-4-5-13(19)14(20)10-12/h4-5,10-11,22H,3,6-9H2,1-2H3. The lowest BCUT2D eigenvalue weighted by Gasteiger charge is -2.23. The van der Waals surface area contributed by atoms with Gasteiger partial charge in [-0.25, -0.2) is 8.78 Å². The van der Waals surface area contributed by atoms with E-state index in [9.17, 15) is 18.7 Å². The summed E-state index contributed by atoms with van der Waals surface area (Å²) in [7, 11) is 1.40. The minimum absolute atomic E-state index is 0.0229. The van der Waals surface area contributed by atoms with E-state index in [-0.39, 0.29) is 23.0 Å². The molecule has 1 aliphatic carbocycles. The molecular formula is C18H21F2NO3S. The van der Waals surface area contributed by atoms with Crippen LogP contribution >= 0.6 is 11.8 Å². The Morgan fingerprint density at radius 1 is 1.36 bits per heavy atom. The minimum atomic E-state index is -0.868. The number of carbonyl (C=O) groups excluding carboxylic acids is 1. The summed E-state index contributed by atoms with van der Waals surface area (Å²) in [6.07, 6.45) is 1.92. The molecule has 136 valence electrons. The number of benzene rings is 1. The second-order valence-corrected chi connectivity index (χ2v) is 6.97. The predicted octanol–water partition coefficient (Wildman–Crippen LogP) is 4.65. The fraction of sp³-hybridized carbons (Fsp3) is 0.444. The Labute approximate surface area is 149 Å². The maximum atomic E-state index is 13.2. The summed E-state index contributed by atoms with van der Waals surface area (Å²) in [6, 6.07) is 3.79. The van der Waals surface area contributed by atoms with Gasteiger partial charge in [-0.15, -0.1) is 11.8 Å². The third-order valence-electron chi connectivity index (χ3n) is 4.03. The number of hydrogen-bond acceptors (Lipinski definition) is 5. The van der Waals surface area contributed by atoms with Crippen molar-refractivity contribution in [2.75, 3.05) is 12.9 Å². The molecule has 7 heteroatoms.